The van der Waals surface area contributed by atoms with E-state index in [1.165, 1.54) is 36.4 Å². The number of unbranched alkanes of at least 4 members (excludes halogenated alkanes) is 1. The summed E-state index contributed by atoms with van der Waals surface area (Å²) >= 11 is 0. The summed E-state index contributed by atoms with van der Waals surface area (Å²) in [6.45, 7) is 0.962. The summed E-state index contributed by atoms with van der Waals surface area (Å²) in [7, 11) is -3.26. The summed E-state index contributed by atoms with van der Waals surface area (Å²) in [4.78, 5) is 12.1. The van der Waals surface area contributed by atoms with Crippen molar-refractivity contribution in [2.24, 2.45) is 0 Å². The number of hydrogen-bond donors (Lipinski definition) is 1. The summed E-state index contributed by atoms with van der Waals surface area (Å²) in [6, 6.07) is 11.6. The standard InChI is InChI=1S/C18H20FNO4S/c1-25(22,23)17-10-4-14(5-11-17)18(21)20-12-2-3-13-24-16-8-6-15(19)7-9-16/h4-11H,2-3,12-13H2,1H3,(H,20,21). The van der Waals surface area contributed by atoms with Crippen LogP contribution in [0.1, 0.15) is 23.2 Å². The van der Waals surface area contributed by atoms with Crippen molar-refractivity contribution in [3.63, 3.8) is 0 Å². The quantitative estimate of drug-likeness (QED) is 0.730. The van der Waals surface area contributed by atoms with Crippen LogP contribution >= 0.6 is 0 Å². The van der Waals surface area contributed by atoms with Gasteiger partial charge in [0.15, 0.2) is 9.84 Å². The third-order valence-electron chi connectivity index (χ3n) is 3.48. The van der Waals surface area contributed by atoms with Crippen molar-refractivity contribution < 1.29 is 22.3 Å². The van der Waals surface area contributed by atoms with E-state index in [0.29, 0.717) is 24.5 Å². The molecule has 1 amide bonds. The Bertz CT molecular complexity index is 802. The smallest absolute Gasteiger partial charge is 0.251 e. The highest BCUT2D eigenvalue weighted by Gasteiger charge is 2.09. The van der Waals surface area contributed by atoms with Crippen LogP contribution in [0.2, 0.25) is 0 Å². The number of ether oxygens (including phenoxy) is 1. The monoisotopic (exact) mass is 365 g/mol. The van der Waals surface area contributed by atoms with E-state index in [0.717, 1.165) is 19.1 Å². The number of rotatable bonds is 8. The number of amides is 1. The van der Waals surface area contributed by atoms with Gasteiger partial charge in [-0.25, -0.2) is 12.8 Å². The maximum absolute atomic E-state index is 12.7. The molecule has 0 radical (unpaired) electrons. The van der Waals surface area contributed by atoms with Crippen molar-refractivity contribution in [2.75, 3.05) is 19.4 Å². The fourth-order valence-corrected chi connectivity index (χ4v) is 2.74. The molecule has 0 aliphatic rings. The minimum Gasteiger partial charge on any atom is -0.494 e. The van der Waals surface area contributed by atoms with Gasteiger partial charge in [0.25, 0.3) is 5.91 Å². The van der Waals surface area contributed by atoms with Crippen molar-refractivity contribution in [3.8, 4) is 5.75 Å². The Labute approximate surface area is 146 Å². The molecule has 0 bridgehead atoms. The van der Waals surface area contributed by atoms with E-state index in [-0.39, 0.29) is 16.6 Å². The molecule has 0 unspecified atom stereocenters. The molecular formula is C18H20FNO4S. The number of halogens is 1. The Hall–Kier alpha value is -2.41. The average Bonchev–Trinajstić information content (AvgIpc) is 2.58. The Kier molecular flexibility index (Phi) is 6.52. The van der Waals surface area contributed by atoms with Gasteiger partial charge in [0, 0.05) is 18.4 Å². The highest BCUT2D eigenvalue weighted by atomic mass is 32.2. The SMILES string of the molecule is CS(=O)(=O)c1ccc(C(=O)NCCCCOc2ccc(F)cc2)cc1. The molecule has 0 aromatic heterocycles. The lowest BCUT2D eigenvalue weighted by Crippen LogP contribution is -2.24. The second-order valence-corrected chi connectivity index (χ2v) is 7.58. The van der Waals surface area contributed by atoms with E-state index in [1.54, 1.807) is 12.1 Å². The van der Waals surface area contributed by atoms with Gasteiger partial charge in [-0.3, -0.25) is 4.79 Å². The second-order valence-electron chi connectivity index (χ2n) is 5.56. The first kappa shape index (κ1) is 18.9. The zero-order valence-electron chi connectivity index (χ0n) is 13.9. The minimum atomic E-state index is -3.26. The van der Waals surface area contributed by atoms with Crippen LogP contribution in [0, 0.1) is 5.82 Å². The summed E-state index contributed by atoms with van der Waals surface area (Å²) in [6.07, 6.45) is 2.59. The molecule has 0 saturated carbocycles. The molecule has 25 heavy (non-hydrogen) atoms. The second kappa shape index (κ2) is 8.62. The van der Waals surface area contributed by atoms with Gasteiger partial charge in [-0.1, -0.05) is 0 Å². The highest BCUT2D eigenvalue weighted by molar-refractivity contribution is 7.90. The molecule has 0 saturated heterocycles. The number of benzene rings is 2. The number of carbonyl (C=O) groups is 1. The molecule has 0 heterocycles. The van der Waals surface area contributed by atoms with E-state index < -0.39 is 9.84 Å². The van der Waals surface area contributed by atoms with Crippen molar-refractivity contribution in [1.29, 1.82) is 0 Å². The van der Waals surface area contributed by atoms with Gasteiger partial charge < -0.3 is 10.1 Å². The lowest BCUT2D eigenvalue weighted by molar-refractivity contribution is 0.0952. The molecule has 2 rings (SSSR count). The van der Waals surface area contributed by atoms with Crippen LogP contribution in [0.3, 0.4) is 0 Å². The molecule has 7 heteroatoms. The lowest BCUT2D eigenvalue weighted by Gasteiger charge is -2.07. The van der Waals surface area contributed by atoms with E-state index in [4.69, 9.17) is 4.74 Å². The summed E-state index contributed by atoms with van der Waals surface area (Å²) in [5, 5.41) is 2.77. The fraction of sp³-hybridized carbons (Fsp3) is 0.278. The van der Waals surface area contributed by atoms with Gasteiger partial charge in [0.05, 0.1) is 11.5 Å². The molecule has 134 valence electrons. The maximum atomic E-state index is 12.7. The zero-order chi connectivity index (χ0) is 18.3. The van der Waals surface area contributed by atoms with E-state index in [9.17, 15) is 17.6 Å². The third-order valence-corrected chi connectivity index (χ3v) is 4.61. The molecule has 0 spiro atoms. The van der Waals surface area contributed by atoms with Gasteiger partial charge in [-0.15, -0.1) is 0 Å². The zero-order valence-corrected chi connectivity index (χ0v) is 14.7. The van der Waals surface area contributed by atoms with Crippen LogP contribution < -0.4 is 10.1 Å². The van der Waals surface area contributed by atoms with Gasteiger partial charge in [-0.05, 0) is 61.4 Å². The highest BCUT2D eigenvalue weighted by Crippen LogP contribution is 2.12. The minimum absolute atomic E-state index is 0.182. The predicted molar refractivity (Wildman–Crippen MR) is 93.0 cm³/mol. The van der Waals surface area contributed by atoms with E-state index in [1.807, 2.05) is 0 Å². The number of hydrogen-bond acceptors (Lipinski definition) is 4. The summed E-state index contributed by atoms with van der Waals surface area (Å²) < 4.78 is 41.0. The summed E-state index contributed by atoms with van der Waals surface area (Å²) in [5.41, 5.74) is 0.412. The van der Waals surface area contributed by atoms with Crippen molar-refractivity contribution in [1.82, 2.24) is 5.32 Å². The van der Waals surface area contributed by atoms with Gasteiger partial charge >= 0.3 is 0 Å². The van der Waals surface area contributed by atoms with Crippen LogP contribution in [0.15, 0.2) is 53.4 Å². The Morgan fingerprint density at radius 2 is 1.68 bits per heavy atom. The molecule has 0 fully saturated rings. The lowest BCUT2D eigenvalue weighted by atomic mass is 10.2. The van der Waals surface area contributed by atoms with Gasteiger partial charge in [-0.2, -0.15) is 0 Å². The van der Waals surface area contributed by atoms with E-state index >= 15 is 0 Å². The predicted octanol–water partition coefficient (Wildman–Crippen LogP) is 2.82. The normalized spacial score (nSPS) is 11.1. The molecule has 1 N–H and O–H groups in total. The van der Waals surface area contributed by atoms with Gasteiger partial charge in [0.2, 0.25) is 0 Å². The van der Waals surface area contributed by atoms with Crippen LogP contribution in [-0.4, -0.2) is 33.7 Å². The Morgan fingerprint density at radius 3 is 2.28 bits per heavy atom. The van der Waals surface area contributed by atoms with Crippen molar-refractivity contribution in [2.45, 2.75) is 17.7 Å². The number of carbonyl (C=O) groups excluding carboxylic acids is 1. The van der Waals surface area contributed by atoms with Crippen LogP contribution in [0.4, 0.5) is 4.39 Å². The molecule has 2 aromatic carbocycles. The van der Waals surface area contributed by atoms with Crippen LogP contribution in [0.5, 0.6) is 5.75 Å². The fourth-order valence-electron chi connectivity index (χ4n) is 2.11. The average molecular weight is 365 g/mol. The van der Waals surface area contributed by atoms with Crippen molar-refractivity contribution >= 4 is 15.7 Å². The first-order chi connectivity index (χ1) is 11.9. The molecule has 5 nitrogen and oxygen atoms in total. The van der Waals surface area contributed by atoms with Crippen molar-refractivity contribution in [3.05, 3.63) is 59.9 Å². The Morgan fingerprint density at radius 1 is 1.04 bits per heavy atom. The molecular weight excluding hydrogens is 345 g/mol. The Balaban J connectivity index is 1.67. The van der Waals surface area contributed by atoms with Gasteiger partial charge in [0.1, 0.15) is 11.6 Å². The first-order valence-electron chi connectivity index (χ1n) is 7.83. The molecule has 0 aliphatic carbocycles. The summed E-state index contributed by atoms with van der Waals surface area (Å²) in [5.74, 6) is 0.0514. The third kappa shape index (κ3) is 6.19. The number of nitrogens with one attached hydrogen (secondary N) is 1. The first-order valence-corrected chi connectivity index (χ1v) is 9.72. The maximum Gasteiger partial charge on any atom is 0.251 e. The topological polar surface area (TPSA) is 72.5 Å². The largest absolute Gasteiger partial charge is 0.494 e. The number of sulfone groups is 1. The van der Waals surface area contributed by atoms with E-state index in [2.05, 4.69) is 5.32 Å². The molecule has 0 aliphatic heterocycles. The van der Waals surface area contributed by atoms with Crippen LogP contribution in [-0.2, 0) is 9.84 Å². The molecule has 0 atom stereocenters. The molecule has 2 aromatic rings. The van der Waals surface area contributed by atoms with Crippen LogP contribution in [0.25, 0.3) is 0 Å².